The number of carbonyl (C=O) groups is 2. The van der Waals surface area contributed by atoms with E-state index in [4.69, 9.17) is 9.47 Å². The molecular formula is C35H46N4O7S. The smallest absolute Gasteiger partial charge is 0.258 e. The van der Waals surface area contributed by atoms with E-state index in [1.165, 1.54) is 23.7 Å². The molecule has 0 radical (unpaired) electrons. The zero-order chi connectivity index (χ0) is 34.1. The SMILES string of the molecule is Cc1ccc(S(=O)(=O)N(C)C[C@@H]2OCCCC[C@@H](C)Oc3ccc(NC(=O)c4ccncc4)cc3C(=O)N([C@H](C)CO)C[C@@H]2C)cc1. The molecular weight excluding hydrogens is 620 g/mol. The van der Waals surface area contributed by atoms with Crippen LogP contribution < -0.4 is 10.1 Å². The summed E-state index contributed by atoms with van der Waals surface area (Å²) < 4.78 is 40.8. The summed E-state index contributed by atoms with van der Waals surface area (Å²) in [6.45, 7) is 7.87. The Balaban J connectivity index is 1.65. The van der Waals surface area contributed by atoms with Gasteiger partial charge in [-0.25, -0.2) is 8.42 Å². The second kappa shape index (κ2) is 16.3. The number of anilines is 1. The zero-order valence-corrected chi connectivity index (χ0v) is 28.6. The molecule has 4 rings (SSSR count). The Morgan fingerprint density at radius 1 is 1.11 bits per heavy atom. The van der Waals surface area contributed by atoms with Crippen molar-refractivity contribution in [3.05, 3.63) is 83.7 Å². The van der Waals surface area contributed by atoms with E-state index in [1.807, 2.05) is 20.8 Å². The number of aryl methyl sites for hydroxylation is 1. The Kier molecular flexibility index (Phi) is 12.5. The van der Waals surface area contributed by atoms with Crippen LogP contribution >= 0.6 is 0 Å². The molecule has 2 amide bonds. The molecule has 1 aliphatic heterocycles. The third-order valence-electron chi connectivity index (χ3n) is 8.42. The number of carbonyl (C=O) groups excluding carboxylic acids is 2. The quantitative estimate of drug-likeness (QED) is 0.351. The van der Waals surface area contributed by atoms with E-state index in [9.17, 15) is 23.1 Å². The number of aliphatic hydroxyl groups excluding tert-OH is 1. The largest absolute Gasteiger partial charge is 0.490 e. The molecule has 0 saturated carbocycles. The second-order valence-electron chi connectivity index (χ2n) is 12.3. The van der Waals surface area contributed by atoms with E-state index in [0.717, 1.165) is 18.4 Å². The molecule has 4 atom stereocenters. The first-order valence-corrected chi connectivity index (χ1v) is 17.4. The van der Waals surface area contributed by atoms with Crippen molar-refractivity contribution in [3.8, 4) is 5.75 Å². The number of amides is 2. The molecule has 0 aliphatic carbocycles. The van der Waals surface area contributed by atoms with Gasteiger partial charge < -0.3 is 24.8 Å². The van der Waals surface area contributed by atoms with E-state index < -0.39 is 28.1 Å². The number of fused-ring (bicyclic) bond motifs is 1. The summed E-state index contributed by atoms with van der Waals surface area (Å²) in [5, 5.41) is 13.1. The van der Waals surface area contributed by atoms with Crippen LogP contribution in [0.3, 0.4) is 0 Å². The van der Waals surface area contributed by atoms with E-state index in [1.54, 1.807) is 66.4 Å². The van der Waals surface area contributed by atoms with Gasteiger partial charge in [0, 0.05) is 56.3 Å². The lowest BCUT2D eigenvalue weighted by Gasteiger charge is -2.35. The number of hydrogen-bond acceptors (Lipinski definition) is 8. The number of benzene rings is 2. The van der Waals surface area contributed by atoms with Gasteiger partial charge in [0.2, 0.25) is 10.0 Å². The molecule has 2 heterocycles. The molecule has 11 nitrogen and oxygen atoms in total. The number of hydrogen-bond donors (Lipinski definition) is 2. The van der Waals surface area contributed by atoms with Crippen LogP contribution in [-0.2, 0) is 14.8 Å². The fraction of sp³-hybridized carbons (Fsp3) is 0.457. The molecule has 0 fully saturated rings. The van der Waals surface area contributed by atoms with E-state index in [2.05, 4.69) is 10.3 Å². The van der Waals surface area contributed by atoms with Gasteiger partial charge in [0.1, 0.15) is 5.75 Å². The average Bonchev–Trinajstić information content (AvgIpc) is 3.06. The summed E-state index contributed by atoms with van der Waals surface area (Å²) >= 11 is 0. The highest BCUT2D eigenvalue weighted by atomic mass is 32.2. The summed E-state index contributed by atoms with van der Waals surface area (Å²) in [6.07, 6.45) is 4.55. The predicted molar refractivity (Wildman–Crippen MR) is 180 cm³/mol. The highest BCUT2D eigenvalue weighted by Gasteiger charge is 2.32. The maximum Gasteiger partial charge on any atom is 0.258 e. The molecule has 1 aliphatic rings. The van der Waals surface area contributed by atoms with Gasteiger partial charge in [-0.3, -0.25) is 14.6 Å². The predicted octanol–water partition coefficient (Wildman–Crippen LogP) is 4.76. The molecule has 3 aromatic rings. The topological polar surface area (TPSA) is 138 Å². The van der Waals surface area contributed by atoms with Crippen molar-refractivity contribution in [3.63, 3.8) is 0 Å². The molecule has 0 unspecified atom stereocenters. The number of rotatable bonds is 8. The number of pyridine rings is 1. The molecule has 2 aromatic carbocycles. The third-order valence-corrected chi connectivity index (χ3v) is 10.3. The van der Waals surface area contributed by atoms with Crippen LogP contribution in [0.15, 0.2) is 71.9 Å². The van der Waals surface area contributed by atoms with Gasteiger partial charge in [-0.15, -0.1) is 0 Å². The molecule has 12 heteroatoms. The van der Waals surface area contributed by atoms with Gasteiger partial charge in [0.15, 0.2) is 0 Å². The maximum absolute atomic E-state index is 14.3. The van der Waals surface area contributed by atoms with Gasteiger partial charge in [0.05, 0.1) is 35.3 Å². The summed E-state index contributed by atoms with van der Waals surface area (Å²) in [7, 11) is -2.25. The van der Waals surface area contributed by atoms with E-state index in [0.29, 0.717) is 30.0 Å². The summed E-state index contributed by atoms with van der Waals surface area (Å²) in [5.41, 5.74) is 2.03. The van der Waals surface area contributed by atoms with E-state index >= 15 is 0 Å². The van der Waals surface area contributed by atoms with Crippen LogP contribution in [0.1, 0.15) is 66.3 Å². The first-order valence-electron chi connectivity index (χ1n) is 16.0. The molecule has 47 heavy (non-hydrogen) atoms. The van der Waals surface area contributed by atoms with Gasteiger partial charge in [-0.05, 0) is 82.5 Å². The molecule has 0 saturated heterocycles. The minimum absolute atomic E-state index is 0.0776. The highest BCUT2D eigenvalue weighted by molar-refractivity contribution is 7.89. The van der Waals surface area contributed by atoms with Crippen molar-refractivity contribution in [2.45, 2.75) is 70.1 Å². The molecule has 0 bridgehead atoms. The zero-order valence-electron chi connectivity index (χ0n) is 27.8. The minimum atomic E-state index is -3.79. The van der Waals surface area contributed by atoms with Crippen LogP contribution in [0.25, 0.3) is 0 Å². The van der Waals surface area contributed by atoms with Gasteiger partial charge in [0.25, 0.3) is 11.8 Å². The number of ether oxygens (including phenoxy) is 2. The van der Waals surface area contributed by atoms with Crippen molar-refractivity contribution in [2.24, 2.45) is 5.92 Å². The number of likely N-dealkylation sites (N-methyl/N-ethyl adjacent to an activating group) is 1. The number of sulfonamides is 1. The molecule has 2 N–H and O–H groups in total. The normalized spacial score (nSPS) is 20.5. The Hall–Kier alpha value is -3.84. The van der Waals surface area contributed by atoms with Crippen LogP contribution in [0.5, 0.6) is 5.75 Å². The number of nitrogens with one attached hydrogen (secondary N) is 1. The molecule has 1 aromatic heterocycles. The lowest BCUT2D eigenvalue weighted by atomic mass is 10.0. The lowest BCUT2D eigenvalue weighted by Crippen LogP contribution is -2.48. The summed E-state index contributed by atoms with van der Waals surface area (Å²) in [5.74, 6) is -0.684. The minimum Gasteiger partial charge on any atom is -0.490 e. The fourth-order valence-electron chi connectivity index (χ4n) is 5.41. The maximum atomic E-state index is 14.3. The first kappa shape index (κ1) is 36.0. The lowest BCUT2D eigenvalue weighted by molar-refractivity contribution is -0.00834. The third kappa shape index (κ3) is 9.38. The highest BCUT2D eigenvalue weighted by Crippen LogP contribution is 2.29. The second-order valence-corrected chi connectivity index (χ2v) is 14.3. The Morgan fingerprint density at radius 2 is 1.81 bits per heavy atom. The van der Waals surface area contributed by atoms with Crippen LogP contribution in [0.4, 0.5) is 5.69 Å². The molecule has 254 valence electrons. The standard InChI is InChI=1S/C35H46N4O7S/c1-24-9-12-30(13-10-24)47(43,44)38(5)22-33-25(2)21-39(26(3)23-40)35(42)31-20-29(37-34(41)28-15-17-36-18-16-28)11-14-32(31)46-27(4)8-6-7-19-45-33/h9-18,20,25-27,33,40H,6-8,19,21-23H2,1-5H3,(H,37,41)/t25-,26+,27+,33-/m0/s1. The number of nitrogens with zero attached hydrogens (tertiary/aromatic N) is 3. The number of aliphatic hydroxyl groups is 1. The first-order chi connectivity index (χ1) is 22.4. The Labute approximate surface area is 278 Å². The van der Waals surface area contributed by atoms with Crippen LogP contribution in [-0.4, -0.2) is 91.1 Å². The average molecular weight is 667 g/mol. The van der Waals surface area contributed by atoms with Crippen molar-refractivity contribution in [1.29, 1.82) is 0 Å². The van der Waals surface area contributed by atoms with E-state index in [-0.39, 0.29) is 48.1 Å². The Bertz CT molecular complexity index is 1600. The van der Waals surface area contributed by atoms with Gasteiger partial charge in [-0.2, -0.15) is 4.31 Å². The summed E-state index contributed by atoms with van der Waals surface area (Å²) in [4.78, 5) is 32.9. The summed E-state index contributed by atoms with van der Waals surface area (Å²) in [6, 6.07) is 14.3. The Morgan fingerprint density at radius 3 is 2.49 bits per heavy atom. The van der Waals surface area contributed by atoms with Crippen LogP contribution in [0, 0.1) is 12.8 Å². The number of aromatic nitrogens is 1. The van der Waals surface area contributed by atoms with Crippen molar-refractivity contribution < 1.29 is 32.6 Å². The molecule has 0 spiro atoms. The van der Waals surface area contributed by atoms with Crippen molar-refractivity contribution >= 4 is 27.5 Å². The van der Waals surface area contributed by atoms with Gasteiger partial charge in [-0.1, -0.05) is 24.6 Å². The van der Waals surface area contributed by atoms with Crippen LogP contribution in [0.2, 0.25) is 0 Å². The van der Waals surface area contributed by atoms with Gasteiger partial charge >= 0.3 is 0 Å². The monoisotopic (exact) mass is 666 g/mol. The fourth-order valence-corrected chi connectivity index (χ4v) is 6.59. The van der Waals surface area contributed by atoms with Crippen molar-refractivity contribution in [2.75, 3.05) is 38.7 Å². The van der Waals surface area contributed by atoms with Crippen molar-refractivity contribution in [1.82, 2.24) is 14.2 Å².